The third-order valence-electron chi connectivity index (χ3n) is 5.09. The van der Waals surface area contributed by atoms with E-state index in [-0.39, 0.29) is 5.70 Å². The molecule has 0 unspecified atom stereocenters. The molecule has 5 rings (SSSR count). The van der Waals surface area contributed by atoms with Crippen molar-refractivity contribution in [3.05, 3.63) is 119 Å². The van der Waals surface area contributed by atoms with Gasteiger partial charge in [-0.1, -0.05) is 78.9 Å². The zero-order chi connectivity index (χ0) is 21.0. The first-order chi connectivity index (χ1) is 15.3. The van der Waals surface area contributed by atoms with Crippen LogP contribution in [0.5, 0.6) is 5.75 Å². The molecule has 0 fully saturated rings. The summed E-state index contributed by atoms with van der Waals surface area (Å²) in [6.07, 6.45) is 1.75. The summed E-state index contributed by atoms with van der Waals surface area (Å²) in [4.78, 5) is 17.0. The summed E-state index contributed by atoms with van der Waals surface area (Å²) < 4.78 is 11.6. The van der Waals surface area contributed by atoms with Crippen molar-refractivity contribution in [1.29, 1.82) is 0 Å². The van der Waals surface area contributed by atoms with Crippen molar-refractivity contribution in [2.45, 2.75) is 6.61 Å². The van der Waals surface area contributed by atoms with Gasteiger partial charge in [0.25, 0.3) is 0 Å². The number of esters is 1. The van der Waals surface area contributed by atoms with Crippen LogP contribution in [0.25, 0.3) is 16.8 Å². The van der Waals surface area contributed by atoms with Crippen molar-refractivity contribution in [1.82, 2.24) is 0 Å². The van der Waals surface area contributed by atoms with Crippen LogP contribution in [0.1, 0.15) is 16.7 Å². The molecule has 4 heteroatoms. The van der Waals surface area contributed by atoms with E-state index in [1.807, 2.05) is 97.1 Å². The van der Waals surface area contributed by atoms with E-state index < -0.39 is 5.97 Å². The van der Waals surface area contributed by atoms with Crippen LogP contribution < -0.4 is 4.74 Å². The molecule has 150 valence electrons. The number of hydrogen-bond donors (Lipinski definition) is 0. The number of carbonyl (C=O) groups is 1. The first-order valence-corrected chi connectivity index (χ1v) is 10.0. The van der Waals surface area contributed by atoms with Gasteiger partial charge in [-0.3, -0.25) is 0 Å². The largest absolute Gasteiger partial charge is 0.488 e. The van der Waals surface area contributed by atoms with Crippen molar-refractivity contribution in [2.75, 3.05) is 0 Å². The summed E-state index contributed by atoms with van der Waals surface area (Å²) in [5.74, 6) is 0.524. The van der Waals surface area contributed by atoms with E-state index in [2.05, 4.69) is 4.99 Å². The van der Waals surface area contributed by atoms with Gasteiger partial charge in [0.05, 0.1) is 0 Å². The van der Waals surface area contributed by atoms with E-state index in [1.165, 1.54) is 0 Å². The molecule has 0 aromatic heterocycles. The molecule has 4 aromatic carbocycles. The molecule has 0 bridgehead atoms. The van der Waals surface area contributed by atoms with E-state index in [1.54, 1.807) is 6.08 Å². The third-order valence-corrected chi connectivity index (χ3v) is 5.09. The Balaban J connectivity index is 1.56. The fourth-order valence-corrected chi connectivity index (χ4v) is 3.54. The summed E-state index contributed by atoms with van der Waals surface area (Å²) in [7, 11) is 0. The average Bonchev–Trinajstić information content (AvgIpc) is 3.20. The number of rotatable bonds is 5. The quantitative estimate of drug-likeness (QED) is 0.313. The normalized spacial score (nSPS) is 14.5. The Kier molecular flexibility index (Phi) is 5.03. The molecule has 1 heterocycles. The highest BCUT2D eigenvalue weighted by Gasteiger charge is 2.25. The van der Waals surface area contributed by atoms with E-state index in [9.17, 15) is 4.79 Å². The molecule has 4 aromatic rings. The lowest BCUT2D eigenvalue weighted by Gasteiger charge is -2.12. The number of fused-ring (bicyclic) bond motifs is 1. The number of hydrogen-bond acceptors (Lipinski definition) is 4. The van der Waals surface area contributed by atoms with Crippen LogP contribution in [0.15, 0.2) is 108 Å². The summed E-state index contributed by atoms with van der Waals surface area (Å²) in [6.45, 7) is 0.429. The number of ether oxygens (including phenoxy) is 2. The molecule has 1 aliphatic heterocycles. The zero-order valence-corrected chi connectivity index (χ0v) is 16.7. The van der Waals surface area contributed by atoms with E-state index in [0.29, 0.717) is 18.3 Å². The maximum Gasteiger partial charge on any atom is 0.363 e. The molecule has 4 nitrogen and oxygen atoms in total. The smallest absolute Gasteiger partial charge is 0.363 e. The number of benzene rings is 4. The van der Waals surface area contributed by atoms with E-state index >= 15 is 0 Å². The molecule has 0 saturated carbocycles. The Bertz CT molecular complexity index is 1310. The van der Waals surface area contributed by atoms with Gasteiger partial charge in [-0.2, -0.15) is 0 Å². The summed E-state index contributed by atoms with van der Waals surface area (Å²) in [6, 6.07) is 31.3. The van der Waals surface area contributed by atoms with Gasteiger partial charge in [-0.05, 0) is 40.6 Å². The molecule has 0 atom stereocenters. The molecular weight excluding hydrogens is 386 g/mol. The molecule has 31 heavy (non-hydrogen) atoms. The van der Waals surface area contributed by atoms with Crippen LogP contribution in [0.3, 0.4) is 0 Å². The summed E-state index contributed by atoms with van der Waals surface area (Å²) in [5.41, 5.74) is 2.88. The minimum absolute atomic E-state index is 0.250. The fraction of sp³-hybridized carbons (Fsp3) is 0.0370. The standard InChI is InChI=1S/C27H19NO3/c29-27-24(28-26(31-27)21-12-5-2-6-13-21)17-23-22-14-8-7-11-20(22)15-16-25(23)30-18-19-9-3-1-4-10-19/h1-17H,18H2. The van der Waals surface area contributed by atoms with Crippen molar-refractivity contribution >= 4 is 28.7 Å². The second kappa shape index (κ2) is 8.28. The van der Waals surface area contributed by atoms with Crippen LogP contribution in [0, 0.1) is 0 Å². The van der Waals surface area contributed by atoms with Crippen molar-refractivity contribution < 1.29 is 14.3 Å². The Labute approximate surface area is 180 Å². The molecule has 0 amide bonds. The molecule has 0 N–H and O–H groups in total. The van der Waals surface area contributed by atoms with Gasteiger partial charge in [-0.15, -0.1) is 0 Å². The van der Waals surface area contributed by atoms with Gasteiger partial charge >= 0.3 is 5.97 Å². The predicted molar refractivity (Wildman–Crippen MR) is 122 cm³/mol. The van der Waals surface area contributed by atoms with Gasteiger partial charge in [0, 0.05) is 11.1 Å². The topological polar surface area (TPSA) is 47.9 Å². The Morgan fingerprint density at radius 3 is 2.32 bits per heavy atom. The van der Waals surface area contributed by atoms with Crippen LogP contribution in [-0.2, 0) is 16.1 Å². The zero-order valence-electron chi connectivity index (χ0n) is 16.7. The highest BCUT2D eigenvalue weighted by Crippen LogP contribution is 2.32. The lowest BCUT2D eigenvalue weighted by atomic mass is 10.0. The number of carbonyl (C=O) groups excluding carboxylic acids is 1. The lowest BCUT2D eigenvalue weighted by Crippen LogP contribution is -2.05. The summed E-state index contributed by atoms with van der Waals surface area (Å²) in [5, 5.41) is 2.04. The third kappa shape index (κ3) is 3.96. The van der Waals surface area contributed by atoms with E-state index in [4.69, 9.17) is 9.47 Å². The van der Waals surface area contributed by atoms with Gasteiger partial charge < -0.3 is 9.47 Å². The highest BCUT2D eigenvalue weighted by atomic mass is 16.6. The highest BCUT2D eigenvalue weighted by molar-refractivity contribution is 6.13. The van der Waals surface area contributed by atoms with Gasteiger partial charge in [-0.25, -0.2) is 9.79 Å². The Morgan fingerprint density at radius 2 is 1.52 bits per heavy atom. The van der Waals surface area contributed by atoms with Crippen molar-refractivity contribution in [3.63, 3.8) is 0 Å². The first kappa shape index (κ1) is 18.8. The lowest BCUT2D eigenvalue weighted by molar-refractivity contribution is -0.129. The monoisotopic (exact) mass is 405 g/mol. The molecule has 0 radical (unpaired) electrons. The van der Waals surface area contributed by atoms with Crippen molar-refractivity contribution in [2.24, 2.45) is 4.99 Å². The van der Waals surface area contributed by atoms with Crippen LogP contribution >= 0.6 is 0 Å². The predicted octanol–water partition coefficient (Wildman–Crippen LogP) is 5.76. The van der Waals surface area contributed by atoms with Gasteiger partial charge in [0.2, 0.25) is 5.90 Å². The van der Waals surface area contributed by atoms with E-state index in [0.717, 1.165) is 27.5 Å². The second-order valence-corrected chi connectivity index (χ2v) is 7.17. The number of nitrogens with zero attached hydrogens (tertiary/aromatic N) is 1. The molecule has 0 spiro atoms. The second-order valence-electron chi connectivity index (χ2n) is 7.17. The first-order valence-electron chi connectivity index (χ1n) is 10.0. The molecule has 1 aliphatic rings. The SMILES string of the molecule is O=C1OC(c2ccccc2)=NC1=Cc1c(OCc2ccccc2)ccc2ccccc12. The Hall–Kier alpha value is -4.18. The van der Waals surface area contributed by atoms with Crippen LogP contribution in [0.4, 0.5) is 0 Å². The maximum atomic E-state index is 12.5. The average molecular weight is 405 g/mol. The minimum atomic E-state index is -0.471. The van der Waals surface area contributed by atoms with Gasteiger partial charge in [0.15, 0.2) is 5.70 Å². The number of cyclic esters (lactones) is 1. The van der Waals surface area contributed by atoms with Gasteiger partial charge in [0.1, 0.15) is 12.4 Å². The molecule has 0 aliphatic carbocycles. The van der Waals surface area contributed by atoms with Crippen LogP contribution in [0.2, 0.25) is 0 Å². The summed E-state index contributed by atoms with van der Waals surface area (Å²) >= 11 is 0. The molecular formula is C27H19NO3. The number of aliphatic imine (C=N–C) groups is 1. The van der Waals surface area contributed by atoms with Crippen molar-refractivity contribution in [3.8, 4) is 5.75 Å². The maximum absolute atomic E-state index is 12.5. The van der Waals surface area contributed by atoms with Crippen LogP contribution in [-0.4, -0.2) is 11.9 Å². The Morgan fingerprint density at radius 1 is 0.806 bits per heavy atom. The minimum Gasteiger partial charge on any atom is -0.488 e. The fourth-order valence-electron chi connectivity index (χ4n) is 3.54. The molecule has 0 saturated heterocycles.